The van der Waals surface area contributed by atoms with Crippen LogP contribution in [0, 0.1) is 6.92 Å². The van der Waals surface area contributed by atoms with Crippen LogP contribution in [-0.2, 0) is 14.8 Å². The minimum Gasteiger partial charge on any atom is -0.493 e. The highest BCUT2D eigenvalue weighted by molar-refractivity contribution is 7.91. The Labute approximate surface area is 183 Å². The second kappa shape index (κ2) is 9.75. The minimum atomic E-state index is -3.55. The van der Waals surface area contributed by atoms with Crippen molar-refractivity contribution in [2.45, 2.75) is 17.7 Å². The summed E-state index contributed by atoms with van der Waals surface area (Å²) in [6, 6.07) is 7.71. The van der Waals surface area contributed by atoms with Gasteiger partial charge in [-0.15, -0.1) is 11.3 Å². The molecule has 1 aromatic carbocycles. The molecule has 2 heterocycles. The number of hydrogen-bond acceptors (Lipinski definition) is 6. The van der Waals surface area contributed by atoms with E-state index in [0.29, 0.717) is 9.77 Å². The summed E-state index contributed by atoms with van der Waals surface area (Å²) in [4.78, 5) is 15.0. The Bertz CT molecular complexity index is 1060. The van der Waals surface area contributed by atoms with E-state index in [4.69, 9.17) is 4.74 Å². The van der Waals surface area contributed by atoms with Crippen LogP contribution >= 0.6 is 11.3 Å². The third kappa shape index (κ3) is 5.60. The lowest BCUT2D eigenvalue weighted by Crippen LogP contribution is -2.50. The molecule has 0 aliphatic carbocycles. The third-order valence-electron chi connectivity index (χ3n) is 4.68. The Hall–Kier alpha value is -2.50. The number of benzene rings is 1. The first-order valence-corrected chi connectivity index (χ1v) is 11.6. The van der Waals surface area contributed by atoms with E-state index in [1.165, 1.54) is 53.1 Å². The number of carbonyl (C=O) groups excluding carboxylic acids is 1. The van der Waals surface area contributed by atoms with Crippen molar-refractivity contribution in [1.29, 1.82) is 0 Å². The maximum Gasteiger partial charge on any atom is 0.387 e. The first kappa shape index (κ1) is 23.2. The Balaban J connectivity index is 1.60. The van der Waals surface area contributed by atoms with Gasteiger partial charge in [-0.3, -0.25) is 4.79 Å². The van der Waals surface area contributed by atoms with Crippen LogP contribution in [0.15, 0.2) is 40.6 Å². The average molecular weight is 473 g/mol. The first-order valence-electron chi connectivity index (χ1n) is 9.37. The van der Waals surface area contributed by atoms with Gasteiger partial charge in [-0.2, -0.15) is 13.1 Å². The predicted molar refractivity (Wildman–Crippen MR) is 113 cm³/mol. The molecule has 7 nitrogen and oxygen atoms in total. The molecule has 0 spiro atoms. The van der Waals surface area contributed by atoms with E-state index < -0.39 is 16.6 Å². The van der Waals surface area contributed by atoms with Crippen LogP contribution in [0.4, 0.5) is 8.78 Å². The summed E-state index contributed by atoms with van der Waals surface area (Å²) < 4.78 is 61.3. The number of thiophene rings is 1. The fraction of sp³-hybridized carbons (Fsp3) is 0.350. The maximum absolute atomic E-state index is 12.7. The van der Waals surface area contributed by atoms with Crippen molar-refractivity contribution in [2.24, 2.45) is 0 Å². The Morgan fingerprint density at radius 3 is 2.42 bits per heavy atom. The highest BCUT2D eigenvalue weighted by atomic mass is 32.2. The number of alkyl halides is 2. The largest absolute Gasteiger partial charge is 0.493 e. The van der Waals surface area contributed by atoms with Gasteiger partial charge in [-0.25, -0.2) is 8.42 Å². The number of nitrogens with zero attached hydrogens (tertiary/aromatic N) is 2. The minimum absolute atomic E-state index is 0.0979. The van der Waals surface area contributed by atoms with Gasteiger partial charge < -0.3 is 14.4 Å². The number of carbonyl (C=O) groups is 1. The second-order valence-corrected chi connectivity index (χ2v) is 10.2. The molecular weight excluding hydrogens is 450 g/mol. The summed E-state index contributed by atoms with van der Waals surface area (Å²) in [5.74, 6) is -0.243. The summed E-state index contributed by atoms with van der Waals surface area (Å²) in [5.41, 5.74) is 0.570. The van der Waals surface area contributed by atoms with E-state index in [1.807, 2.05) is 6.92 Å². The van der Waals surface area contributed by atoms with Crippen LogP contribution in [0.2, 0.25) is 0 Å². The molecule has 1 aliphatic heterocycles. The summed E-state index contributed by atoms with van der Waals surface area (Å²) in [6.07, 6.45) is 2.89. The molecule has 1 aliphatic rings. The molecule has 1 aromatic heterocycles. The van der Waals surface area contributed by atoms with E-state index in [9.17, 15) is 22.0 Å². The molecule has 168 valence electrons. The molecule has 1 fully saturated rings. The van der Waals surface area contributed by atoms with E-state index in [0.717, 1.165) is 4.88 Å². The van der Waals surface area contributed by atoms with Gasteiger partial charge in [0.05, 0.1) is 7.11 Å². The van der Waals surface area contributed by atoms with Crippen molar-refractivity contribution in [2.75, 3.05) is 33.3 Å². The van der Waals surface area contributed by atoms with E-state index in [2.05, 4.69) is 4.74 Å². The van der Waals surface area contributed by atoms with Crippen LogP contribution < -0.4 is 9.47 Å². The molecule has 11 heteroatoms. The van der Waals surface area contributed by atoms with Gasteiger partial charge in [0, 0.05) is 37.1 Å². The van der Waals surface area contributed by atoms with Gasteiger partial charge in [-0.1, -0.05) is 6.07 Å². The van der Waals surface area contributed by atoms with Crippen molar-refractivity contribution in [3.05, 3.63) is 46.8 Å². The number of piperazine rings is 1. The molecule has 0 N–H and O–H groups in total. The summed E-state index contributed by atoms with van der Waals surface area (Å²) in [5, 5.41) is 0. The third-order valence-corrected chi connectivity index (χ3v) is 8.05. The van der Waals surface area contributed by atoms with E-state index in [1.54, 1.807) is 17.0 Å². The molecular formula is C20H22F2N2O5S2. The number of methoxy groups -OCH3 is 1. The number of rotatable bonds is 7. The normalized spacial score (nSPS) is 15.6. The fourth-order valence-corrected chi connectivity index (χ4v) is 5.94. The zero-order chi connectivity index (χ0) is 22.6. The van der Waals surface area contributed by atoms with Gasteiger partial charge in [0.1, 0.15) is 4.21 Å². The lowest BCUT2D eigenvalue weighted by molar-refractivity contribution is -0.127. The summed E-state index contributed by atoms with van der Waals surface area (Å²) in [7, 11) is -2.22. The van der Waals surface area contributed by atoms with Crippen LogP contribution in [0.5, 0.6) is 11.5 Å². The zero-order valence-corrected chi connectivity index (χ0v) is 18.6. The number of sulfonamides is 1. The maximum atomic E-state index is 12.7. The van der Waals surface area contributed by atoms with Crippen LogP contribution in [-0.4, -0.2) is 63.4 Å². The molecule has 0 saturated carbocycles. The van der Waals surface area contributed by atoms with Crippen LogP contribution in [0.25, 0.3) is 6.08 Å². The SMILES string of the molecule is COc1cc(/C=C/C(=O)N2CCN(S(=O)(=O)c3ccc(C)s3)CC2)ccc1OC(F)F. The standard InChI is InChI=1S/C20H22F2N2O5S2/c1-14-3-8-19(30-14)31(26,27)24-11-9-23(10-12-24)18(25)7-5-15-4-6-16(29-20(21)22)17(13-15)28-2/h3-8,13,20H,9-12H2,1-2H3/b7-5+. The second-order valence-electron chi connectivity index (χ2n) is 6.72. The lowest BCUT2D eigenvalue weighted by Gasteiger charge is -2.33. The number of amides is 1. The van der Waals surface area contributed by atoms with E-state index in [-0.39, 0.29) is 43.6 Å². The van der Waals surface area contributed by atoms with E-state index >= 15 is 0 Å². The van der Waals surface area contributed by atoms with Crippen molar-refractivity contribution in [3.63, 3.8) is 0 Å². The Morgan fingerprint density at radius 2 is 1.84 bits per heavy atom. The Kier molecular flexibility index (Phi) is 7.29. The van der Waals surface area contributed by atoms with Crippen LogP contribution in [0.3, 0.4) is 0 Å². The molecule has 0 unspecified atom stereocenters. The summed E-state index contributed by atoms with van der Waals surface area (Å²) in [6.45, 7) is -0.141. The average Bonchev–Trinajstić information content (AvgIpc) is 3.19. The number of hydrogen-bond donors (Lipinski definition) is 0. The molecule has 1 saturated heterocycles. The van der Waals surface area contributed by atoms with Gasteiger partial charge in [-0.05, 0) is 42.8 Å². The molecule has 0 atom stereocenters. The van der Waals surface area contributed by atoms with Crippen molar-refractivity contribution < 1.29 is 31.5 Å². The van der Waals surface area contributed by atoms with Gasteiger partial charge in [0.2, 0.25) is 5.91 Å². The number of aryl methyl sites for hydroxylation is 1. The topological polar surface area (TPSA) is 76.2 Å². The van der Waals surface area contributed by atoms with Crippen molar-refractivity contribution in [3.8, 4) is 11.5 Å². The molecule has 0 bridgehead atoms. The quantitative estimate of drug-likeness (QED) is 0.579. The molecule has 0 radical (unpaired) electrons. The van der Waals surface area contributed by atoms with Gasteiger partial charge >= 0.3 is 6.61 Å². The number of halogens is 2. The highest BCUT2D eigenvalue weighted by Gasteiger charge is 2.30. The smallest absolute Gasteiger partial charge is 0.387 e. The Morgan fingerprint density at radius 1 is 1.13 bits per heavy atom. The van der Waals surface area contributed by atoms with Crippen molar-refractivity contribution >= 4 is 33.3 Å². The van der Waals surface area contributed by atoms with Gasteiger partial charge in [0.15, 0.2) is 11.5 Å². The monoisotopic (exact) mass is 472 g/mol. The zero-order valence-electron chi connectivity index (χ0n) is 17.0. The van der Waals surface area contributed by atoms with Crippen LogP contribution in [0.1, 0.15) is 10.4 Å². The highest BCUT2D eigenvalue weighted by Crippen LogP contribution is 2.30. The van der Waals surface area contributed by atoms with Crippen molar-refractivity contribution in [1.82, 2.24) is 9.21 Å². The van der Waals surface area contributed by atoms with Gasteiger partial charge in [0.25, 0.3) is 10.0 Å². The molecule has 1 amide bonds. The lowest BCUT2D eigenvalue weighted by atomic mass is 10.2. The first-order chi connectivity index (χ1) is 14.7. The molecule has 31 heavy (non-hydrogen) atoms. The molecule has 2 aromatic rings. The fourth-order valence-electron chi connectivity index (χ4n) is 3.08. The predicted octanol–water partition coefficient (Wildman–Crippen LogP) is 3.21. The number of ether oxygens (including phenoxy) is 2. The summed E-state index contributed by atoms with van der Waals surface area (Å²) >= 11 is 1.23. The molecule has 3 rings (SSSR count).